The zero-order chi connectivity index (χ0) is 53.0. The molecule has 0 aliphatic rings. The minimum absolute atomic E-state index is 0.334. The van der Waals surface area contributed by atoms with Gasteiger partial charge in [-0.05, 0) is 179 Å². The molecule has 16 nitrogen and oxygen atoms in total. The van der Waals surface area contributed by atoms with Crippen LogP contribution in [0.2, 0.25) is 0 Å². The fraction of sp³-hybridized carbons (Fsp3) is 0.500. The van der Waals surface area contributed by atoms with Crippen LogP contribution in [0.15, 0.2) is 84.9 Å². The molecule has 0 atom stereocenters. The number of carbonyl (C=O) groups is 4. The molecule has 0 unspecified atom stereocenters. The lowest BCUT2D eigenvalue weighted by Crippen LogP contribution is -2.33. The van der Waals surface area contributed by atoms with Gasteiger partial charge in [0.2, 0.25) is 0 Å². The molecule has 4 rings (SSSR count). The van der Waals surface area contributed by atoms with Gasteiger partial charge in [0.25, 0.3) is 0 Å². The molecule has 0 bridgehead atoms. The predicted molar refractivity (Wildman–Crippen MR) is 280 cm³/mol. The Bertz CT molecular complexity index is 2100. The molecule has 16 heteroatoms. The van der Waals surface area contributed by atoms with Gasteiger partial charge in [0.15, 0.2) is 0 Å². The maximum Gasteiger partial charge on any atom is 0.407 e. The zero-order valence-electron chi connectivity index (χ0n) is 44.5. The summed E-state index contributed by atoms with van der Waals surface area (Å²) in [5, 5.41) is 11.1. The van der Waals surface area contributed by atoms with E-state index < -0.39 is 46.8 Å². The minimum atomic E-state index is -0.594. The number of hydrogen-bond acceptors (Lipinski definition) is 12. The smallest absolute Gasteiger partial charge is 0.407 e. The number of nitrogens with one attached hydrogen (secondary N) is 4. The Kier molecular flexibility index (Phi) is 21.7. The normalized spacial score (nSPS) is 11.7. The van der Waals surface area contributed by atoms with Crippen LogP contribution < -0.4 is 40.2 Å². The van der Waals surface area contributed by atoms with E-state index in [4.69, 9.17) is 37.9 Å². The van der Waals surface area contributed by atoms with Crippen molar-refractivity contribution in [2.45, 2.75) is 131 Å². The molecule has 0 aliphatic heterocycles. The maximum absolute atomic E-state index is 12.2. The summed E-state index contributed by atoms with van der Waals surface area (Å²) in [4.78, 5) is 48.7. The number of benzene rings is 4. The third-order valence-electron chi connectivity index (χ3n) is 9.52. The Balaban J connectivity index is 1.54. The summed E-state index contributed by atoms with van der Waals surface area (Å²) in [5.74, 6) is 2.38. The van der Waals surface area contributed by atoms with Crippen LogP contribution in [-0.4, -0.2) is 99.4 Å². The number of alkyl carbamates (subject to hydrolysis) is 4. The molecule has 4 aromatic carbocycles. The summed E-state index contributed by atoms with van der Waals surface area (Å²) >= 11 is 0. The highest BCUT2D eigenvalue weighted by Gasteiger charge is 2.19. The molecule has 0 fully saturated rings. The van der Waals surface area contributed by atoms with Crippen LogP contribution in [0.3, 0.4) is 0 Å². The molecule has 0 heterocycles. The lowest BCUT2D eigenvalue weighted by atomic mass is 9.96. The topological polar surface area (TPSA) is 190 Å². The van der Waals surface area contributed by atoms with E-state index in [9.17, 15) is 19.2 Å². The van der Waals surface area contributed by atoms with E-state index in [0.717, 1.165) is 33.4 Å². The van der Waals surface area contributed by atoms with Crippen molar-refractivity contribution in [2.75, 3.05) is 52.6 Å². The predicted octanol–water partition coefficient (Wildman–Crippen LogP) is 11.9. The first-order chi connectivity index (χ1) is 33.8. The average molecular weight is 999 g/mol. The molecule has 0 spiro atoms. The van der Waals surface area contributed by atoms with Crippen molar-refractivity contribution in [3.05, 3.63) is 84.9 Å². The summed E-state index contributed by atoms with van der Waals surface area (Å²) < 4.78 is 46.2. The van der Waals surface area contributed by atoms with Crippen LogP contribution in [0.5, 0.6) is 23.0 Å². The van der Waals surface area contributed by atoms with Crippen molar-refractivity contribution in [3.63, 3.8) is 0 Å². The van der Waals surface area contributed by atoms with E-state index in [1.165, 1.54) is 0 Å². The molecular weight excluding hydrogens is 921 g/mol. The first-order valence-electron chi connectivity index (χ1n) is 24.7. The van der Waals surface area contributed by atoms with Gasteiger partial charge < -0.3 is 59.2 Å². The molecule has 0 saturated carbocycles. The first-order valence-corrected chi connectivity index (χ1v) is 24.7. The van der Waals surface area contributed by atoms with Crippen LogP contribution in [0.4, 0.5) is 19.2 Å². The molecule has 4 aromatic rings. The monoisotopic (exact) mass is 999 g/mol. The Morgan fingerprint density at radius 3 is 0.778 bits per heavy atom. The van der Waals surface area contributed by atoms with Crippen LogP contribution in [-0.2, 0) is 18.9 Å². The summed E-state index contributed by atoms with van der Waals surface area (Å²) in [6.45, 7) is 24.6. The van der Waals surface area contributed by atoms with Crippen molar-refractivity contribution in [1.29, 1.82) is 0 Å². The van der Waals surface area contributed by atoms with Gasteiger partial charge in [-0.1, -0.05) is 36.4 Å². The molecule has 0 aliphatic carbocycles. The fourth-order valence-electron chi connectivity index (χ4n) is 6.63. The second kappa shape index (κ2) is 27.1. The second-order valence-electron chi connectivity index (χ2n) is 21.1. The molecule has 0 radical (unpaired) electrons. The Labute approximate surface area is 426 Å². The van der Waals surface area contributed by atoms with E-state index >= 15 is 0 Å². The Morgan fingerprint density at radius 1 is 0.333 bits per heavy atom. The minimum Gasteiger partial charge on any atom is -0.493 e. The van der Waals surface area contributed by atoms with Gasteiger partial charge in [0.05, 0.1) is 26.4 Å². The third kappa shape index (κ3) is 23.8. The van der Waals surface area contributed by atoms with E-state index in [0.29, 0.717) is 101 Å². The molecule has 0 aromatic heterocycles. The third-order valence-corrected chi connectivity index (χ3v) is 9.52. The molecule has 4 amide bonds. The number of ether oxygens (including phenoxy) is 8. The molecular formula is C56H78N4O12. The van der Waals surface area contributed by atoms with E-state index in [2.05, 4.69) is 45.5 Å². The number of amides is 4. The molecule has 72 heavy (non-hydrogen) atoms. The lowest BCUT2D eigenvalue weighted by Gasteiger charge is -2.19. The Morgan fingerprint density at radius 2 is 0.556 bits per heavy atom. The summed E-state index contributed by atoms with van der Waals surface area (Å²) in [6.07, 6.45) is 0.259. The van der Waals surface area contributed by atoms with Gasteiger partial charge in [-0.3, -0.25) is 0 Å². The van der Waals surface area contributed by atoms with Gasteiger partial charge in [-0.15, -0.1) is 0 Å². The lowest BCUT2D eigenvalue weighted by molar-refractivity contribution is 0.0513. The van der Waals surface area contributed by atoms with Gasteiger partial charge >= 0.3 is 24.4 Å². The molecule has 394 valence electrons. The number of rotatable bonds is 23. The van der Waals surface area contributed by atoms with Gasteiger partial charge in [-0.2, -0.15) is 0 Å². The number of carbonyl (C=O) groups excluding carboxylic acids is 4. The molecule has 4 N–H and O–H groups in total. The average Bonchev–Trinajstić information content (AvgIpc) is 3.26. The van der Waals surface area contributed by atoms with Gasteiger partial charge in [-0.25, -0.2) is 19.2 Å². The highest BCUT2D eigenvalue weighted by atomic mass is 16.6. The van der Waals surface area contributed by atoms with Crippen molar-refractivity contribution >= 4 is 24.4 Å². The van der Waals surface area contributed by atoms with Crippen LogP contribution in [0, 0.1) is 0 Å². The molecule has 0 saturated heterocycles. The largest absolute Gasteiger partial charge is 0.493 e. The summed E-state index contributed by atoms with van der Waals surface area (Å²) in [7, 11) is 0. The summed E-state index contributed by atoms with van der Waals surface area (Å²) in [6, 6.07) is 27.9. The van der Waals surface area contributed by atoms with Crippen LogP contribution in [0.25, 0.3) is 33.4 Å². The SMILES string of the molecule is CC(C)(C)OC(=O)NCCCOc1cc(OCCCNC(=O)OC(C)(C)C)cc(-c2cccc(-c3cccc(-c4cc(OCCCNC(=O)OC(C)(C)C)cc(OCCCNC(=O)OC(C)(C)C)c4)c3)c2)c1. The van der Waals surface area contributed by atoms with Crippen molar-refractivity contribution in [1.82, 2.24) is 21.3 Å². The Hall–Kier alpha value is -6.84. The standard InChI is InChI=1S/C56H78N4O12/c1-53(2,3)69-49(61)57-23-15-27-65-45-33-43(34-46(37-45)66-28-16-24-58-50(62)70-54(4,5)6)41-21-13-19-39(31-41)40-20-14-22-42(32-40)44-35-47(67-29-17-25-59-51(63)71-55(7,8)9)38-48(36-44)68-30-18-26-60-52(64)72-56(10,11)12/h13-14,19-22,31-38H,15-18,23-30H2,1-12H3,(H,57,61)(H,58,62)(H,59,63)(H,60,64). The first kappa shape index (κ1) is 57.7. The van der Waals surface area contributed by atoms with Gasteiger partial charge in [0, 0.05) is 38.3 Å². The summed E-state index contributed by atoms with van der Waals surface area (Å²) in [5.41, 5.74) is 3.17. The van der Waals surface area contributed by atoms with E-state index in [1.807, 2.05) is 144 Å². The van der Waals surface area contributed by atoms with Crippen molar-refractivity contribution in [3.8, 4) is 56.4 Å². The van der Waals surface area contributed by atoms with Gasteiger partial charge in [0.1, 0.15) is 45.4 Å². The quantitative estimate of drug-likeness (QED) is 0.0407. The fourth-order valence-corrected chi connectivity index (χ4v) is 6.63. The van der Waals surface area contributed by atoms with Crippen LogP contribution >= 0.6 is 0 Å². The maximum atomic E-state index is 12.2. The van der Waals surface area contributed by atoms with Crippen molar-refractivity contribution in [2.24, 2.45) is 0 Å². The highest BCUT2D eigenvalue weighted by molar-refractivity contribution is 5.78. The number of hydrogen-bond donors (Lipinski definition) is 4. The second-order valence-corrected chi connectivity index (χ2v) is 21.1. The highest BCUT2D eigenvalue weighted by Crippen LogP contribution is 2.36. The van der Waals surface area contributed by atoms with E-state index in [1.54, 1.807) is 0 Å². The van der Waals surface area contributed by atoms with E-state index in [-0.39, 0.29) is 0 Å². The zero-order valence-corrected chi connectivity index (χ0v) is 44.5. The van der Waals surface area contributed by atoms with Crippen molar-refractivity contribution < 1.29 is 57.1 Å². The van der Waals surface area contributed by atoms with Crippen LogP contribution in [0.1, 0.15) is 109 Å².